The molecule has 0 saturated carbocycles. The Morgan fingerprint density at radius 3 is 2.15 bits per heavy atom. The molecule has 2 aromatic rings. The third-order valence-corrected chi connectivity index (χ3v) is 6.73. The summed E-state index contributed by atoms with van der Waals surface area (Å²) < 4.78 is 37.9. The van der Waals surface area contributed by atoms with Crippen LogP contribution in [0.3, 0.4) is 0 Å². The minimum absolute atomic E-state index is 0.300. The standard InChI is InChI=1S/C19H22ClNO4S/c1-24-17-6-8-19(9-7-17)26(22,23)21-12-10-15(11-13-21)14-25-18-4-2-16(20)3-5-18/h2-9,15H,10-14H2,1H3. The van der Waals surface area contributed by atoms with Gasteiger partial charge in [0.1, 0.15) is 11.5 Å². The molecular weight excluding hydrogens is 374 g/mol. The van der Waals surface area contributed by atoms with Crippen molar-refractivity contribution in [1.29, 1.82) is 0 Å². The lowest BCUT2D eigenvalue weighted by Gasteiger charge is -2.31. The first-order chi connectivity index (χ1) is 12.5. The molecule has 1 aliphatic heterocycles. The summed E-state index contributed by atoms with van der Waals surface area (Å²) >= 11 is 5.86. The molecule has 0 aromatic heterocycles. The Morgan fingerprint density at radius 2 is 1.58 bits per heavy atom. The third kappa shape index (κ3) is 4.50. The predicted molar refractivity (Wildman–Crippen MR) is 101 cm³/mol. The van der Waals surface area contributed by atoms with Crippen LogP contribution in [0.5, 0.6) is 11.5 Å². The lowest BCUT2D eigenvalue weighted by atomic mass is 9.99. The van der Waals surface area contributed by atoms with Crippen LogP contribution in [-0.4, -0.2) is 39.5 Å². The molecule has 1 saturated heterocycles. The van der Waals surface area contributed by atoms with E-state index in [9.17, 15) is 8.42 Å². The number of hydrogen-bond acceptors (Lipinski definition) is 4. The van der Waals surface area contributed by atoms with Crippen LogP contribution in [0.4, 0.5) is 0 Å². The maximum Gasteiger partial charge on any atom is 0.243 e. The third-order valence-electron chi connectivity index (χ3n) is 4.57. The van der Waals surface area contributed by atoms with E-state index in [2.05, 4.69) is 0 Å². The van der Waals surface area contributed by atoms with Crippen molar-refractivity contribution in [1.82, 2.24) is 4.31 Å². The van der Waals surface area contributed by atoms with Gasteiger partial charge in [-0.05, 0) is 67.3 Å². The molecule has 0 unspecified atom stereocenters. The smallest absolute Gasteiger partial charge is 0.243 e. The van der Waals surface area contributed by atoms with Crippen molar-refractivity contribution >= 4 is 21.6 Å². The van der Waals surface area contributed by atoms with Crippen LogP contribution in [0.25, 0.3) is 0 Å². The highest BCUT2D eigenvalue weighted by Gasteiger charge is 2.29. The molecule has 0 atom stereocenters. The van der Waals surface area contributed by atoms with Crippen LogP contribution in [-0.2, 0) is 10.0 Å². The lowest BCUT2D eigenvalue weighted by Crippen LogP contribution is -2.39. The van der Waals surface area contributed by atoms with Crippen LogP contribution in [0, 0.1) is 5.92 Å². The van der Waals surface area contributed by atoms with Gasteiger partial charge in [-0.1, -0.05) is 11.6 Å². The van der Waals surface area contributed by atoms with E-state index >= 15 is 0 Å². The van der Waals surface area contributed by atoms with E-state index in [1.54, 1.807) is 47.8 Å². The van der Waals surface area contributed by atoms with E-state index in [1.807, 2.05) is 12.1 Å². The monoisotopic (exact) mass is 395 g/mol. The number of rotatable bonds is 6. The van der Waals surface area contributed by atoms with Gasteiger partial charge in [0.05, 0.1) is 18.6 Å². The average Bonchev–Trinajstić information content (AvgIpc) is 2.68. The molecule has 0 amide bonds. The number of methoxy groups -OCH3 is 1. The molecule has 0 spiro atoms. The molecule has 5 nitrogen and oxygen atoms in total. The van der Waals surface area contributed by atoms with Crippen molar-refractivity contribution < 1.29 is 17.9 Å². The van der Waals surface area contributed by atoms with E-state index in [1.165, 1.54) is 0 Å². The van der Waals surface area contributed by atoms with Crippen molar-refractivity contribution in [3.63, 3.8) is 0 Å². The zero-order chi connectivity index (χ0) is 18.6. The summed E-state index contributed by atoms with van der Waals surface area (Å²) in [7, 11) is -1.90. The van der Waals surface area contributed by atoms with Crippen molar-refractivity contribution in [3.8, 4) is 11.5 Å². The molecule has 0 N–H and O–H groups in total. The summed E-state index contributed by atoms with van der Waals surface area (Å²) in [5, 5.41) is 0.675. The predicted octanol–water partition coefficient (Wildman–Crippen LogP) is 3.83. The summed E-state index contributed by atoms with van der Waals surface area (Å²) in [6, 6.07) is 13.8. The van der Waals surface area contributed by atoms with Gasteiger partial charge < -0.3 is 9.47 Å². The average molecular weight is 396 g/mol. The first-order valence-electron chi connectivity index (χ1n) is 8.51. The van der Waals surface area contributed by atoms with Crippen molar-refractivity contribution in [2.45, 2.75) is 17.7 Å². The van der Waals surface area contributed by atoms with Gasteiger partial charge in [-0.2, -0.15) is 4.31 Å². The quantitative estimate of drug-likeness (QED) is 0.745. The molecule has 1 fully saturated rings. The van der Waals surface area contributed by atoms with E-state index < -0.39 is 10.0 Å². The second-order valence-electron chi connectivity index (χ2n) is 6.29. The van der Waals surface area contributed by atoms with Crippen molar-refractivity contribution in [2.75, 3.05) is 26.8 Å². The second kappa shape index (κ2) is 8.29. The van der Waals surface area contributed by atoms with Crippen LogP contribution in [0.15, 0.2) is 53.4 Å². The van der Waals surface area contributed by atoms with Gasteiger partial charge in [0.15, 0.2) is 0 Å². The fraction of sp³-hybridized carbons (Fsp3) is 0.368. The number of sulfonamides is 1. The number of benzene rings is 2. The van der Waals surface area contributed by atoms with Crippen molar-refractivity contribution in [2.24, 2.45) is 5.92 Å². The van der Waals surface area contributed by atoms with Crippen LogP contribution in [0.1, 0.15) is 12.8 Å². The second-order valence-corrected chi connectivity index (χ2v) is 8.66. The fourth-order valence-electron chi connectivity index (χ4n) is 2.96. The number of hydrogen-bond donors (Lipinski definition) is 0. The summed E-state index contributed by atoms with van der Waals surface area (Å²) in [5.74, 6) is 1.76. The van der Waals surface area contributed by atoms with Crippen LogP contribution < -0.4 is 9.47 Å². The Kier molecular flexibility index (Phi) is 6.06. The molecule has 0 aliphatic carbocycles. The van der Waals surface area contributed by atoms with Gasteiger partial charge in [0.2, 0.25) is 10.0 Å². The largest absolute Gasteiger partial charge is 0.497 e. The van der Waals surface area contributed by atoms with Gasteiger partial charge in [-0.15, -0.1) is 0 Å². The van der Waals surface area contributed by atoms with Gasteiger partial charge in [0.25, 0.3) is 0 Å². The minimum Gasteiger partial charge on any atom is -0.497 e. The van der Waals surface area contributed by atoms with Gasteiger partial charge in [0, 0.05) is 18.1 Å². The Hall–Kier alpha value is -1.76. The minimum atomic E-state index is -3.46. The number of nitrogens with zero attached hydrogens (tertiary/aromatic N) is 1. The Bertz CT molecular complexity index is 814. The first-order valence-corrected chi connectivity index (χ1v) is 10.3. The molecule has 0 bridgehead atoms. The summed E-state index contributed by atoms with van der Waals surface area (Å²) in [6.07, 6.45) is 1.56. The molecule has 3 rings (SSSR count). The molecule has 1 heterocycles. The molecule has 2 aromatic carbocycles. The molecule has 1 aliphatic rings. The van der Waals surface area contributed by atoms with E-state index in [4.69, 9.17) is 21.1 Å². The molecular formula is C19H22ClNO4S. The zero-order valence-corrected chi connectivity index (χ0v) is 16.2. The topological polar surface area (TPSA) is 55.8 Å². The van der Waals surface area contributed by atoms with Gasteiger partial charge >= 0.3 is 0 Å². The van der Waals surface area contributed by atoms with Crippen molar-refractivity contribution in [3.05, 3.63) is 53.6 Å². The molecule has 7 heteroatoms. The summed E-state index contributed by atoms with van der Waals surface area (Å²) in [6.45, 7) is 1.59. The maximum atomic E-state index is 12.7. The highest BCUT2D eigenvalue weighted by molar-refractivity contribution is 7.89. The highest BCUT2D eigenvalue weighted by atomic mass is 35.5. The fourth-order valence-corrected chi connectivity index (χ4v) is 4.55. The van der Waals surface area contributed by atoms with Crippen LogP contribution in [0.2, 0.25) is 5.02 Å². The Balaban J connectivity index is 1.54. The van der Waals surface area contributed by atoms with Gasteiger partial charge in [-0.25, -0.2) is 8.42 Å². The summed E-state index contributed by atoms with van der Waals surface area (Å²) in [5.41, 5.74) is 0. The zero-order valence-electron chi connectivity index (χ0n) is 14.6. The summed E-state index contributed by atoms with van der Waals surface area (Å²) in [4.78, 5) is 0.300. The van der Waals surface area contributed by atoms with E-state index in [0.717, 1.165) is 18.6 Å². The Morgan fingerprint density at radius 1 is 1.00 bits per heavy atom. The SMILES string of the molecule is COc1ccc(S(=O)(=O)N2CCC(COc3ccc(Cl)cc3)CC2)cc1. The maximum absolute atomic E-state index is 12.7. The molecule has 26 heavy (non-hydrogen) atoms. The molecule has 140 valence electrons. The van der Waals surface area contributed by atoms with E-state index in [0.29, 0.717) is 41.3 Å². The van der Waals surface area contributed by atoms with Gasteiger partial charge in [-0.3, -0.25) is 0 Å². The Labute approximate surface area is 159 Å². The number of halogens is 1. The normalized spacial score (nSPS) is 16.4. The number of piperidine rings is 1. The van der Waals surface area contributed by atoms with Crippen LogP contribution >= 0.6 is 11.6 Å². The first kappa shape index (κ1) is 19.0. The highest BCUT2D eigenvalue weighted by Crippen LogP contribution is 2.26. The lowest BCUT2D eigenvalue weighted by molar-refractivity contribution is 0.185. The molecule has 0 radical (unpaired) electrons. The number of ether oxygens (including phenoxy) is 2. The van der Waals surface area contributed by atoms with E-state index in [-0.39, 0.29) is 0 Å².